The number of sulfonamides is 1. The Morgan fingerprint density at radius 2 is 1.97 bits per heavy atom. The van der Waals surface area contributed by atoms with Gasteiger partial charge in [-0.25, -0.2) is 22.2 Å². The van der Waals surface area contributed by atoms with Crippen LogP contribution in [0.15, 0.2) is 42.5 Å². The summed E-state index contributed by atoms with van der Waals surface area (Å²) in [5, 5.41) is 7.98. The highest BCUT2D eigenvalue weighted by atomic mass is 32.2. The number of fused-ring (bicyclic) bond motifs is 1. The second-order valence-electron chi connectivity index (χ2n) is 7.61. The van der Waals surface area contributed by atoms with Crippen molar-refractivity contribution < 1.29 is 17.6 Å². The first-order chi connectivity index (χ1) is 14.7. The first-order valence-electron chi connectivity index (χ1n) is 9.74. The van der Waals surface area contributed by atoms with Crippen LogP contribution in [0.3, 0.4) is 0 Å². The van der Waals surface area contributed by atoms with Crippen LogP contribution in [0.4, 0.5) is 4.39 Å². The molecule has 0 saturated heterocycles. The van der Waals surface area contributed by atoms with E-state index in [2.05, 4.69) is 15.2 Å². The van der Waals surface area contributed by atoms with E-state index in [9.17, 15) is 17.6 Å². The maximum absolute atomic E-state index is 14.0. The summed E-state index contributed by atoms with van der Waals surface area (Å²) in [6.07, 6.45) is 1.63. The molecule has 1 aromatic heterocycles. The maximum Gasteiger partial charge on any atom is 0.287 e. The Hall–Kier alpha value is -3.11. The van der Waals surface area contributed by atoms with Crippen molar-refractivity contribution in [2.45, 2.75) is 26.4 Å². The van der Waals surface area contributed by atoms with Gasteiger partial charge in [-0.15, -0.1) is 5.10 Å². The zero-order chi connectivity index (χ0) is 22.2. The SMILES string of the molecule is Cc1c(C(=O)NS(C)(=O)=O)nnn1-c1cccc2c1CCN(Cc1ccccc1F)C2. The van der Waals surface area contributed by atoms with Gasteiger partial charge in [-0.1, -0.05) is 35.5 Å². The minimum Gasteiger partial charge on any atom is -0.294 e. The number of benzene rings is 2. The third-order valence-corrected chi connectivity index (χ3v) is 5.84. The number of hydrogen-bond acceptors (Lipinski definition) is 6. The first kappa shape index (κ1) is 21.1. The summed E-state index contributed by atoms with van der Waals surface area (Å²) in [6.45, 7) is 3.60. The topological polar surface area (TPSA) is 97.2 Å². The fraction of sp³-hybridized carbons (Fsp3) is 0.286. The predicted molar refractivity (Wildman–Crippen MR) is 113 cm³/mol. The number of aromatic nitrogens is 3. The molecule has 0 fully saturated rings. The highest BCUT2D eigenvalue weighted by molar-refractivity contribution is 7.89. The first-order valence-corrected chi connectivity index (χ1v) is 11.6. The molecule has 3 aromatic rings. The standard InChI is InChI=1S/C21H22FN5O3S/c1-14-20(21(28)24-31(2,29)30)23-25-27(14)19-9-5-7-15-12-26(11-10-17(15)19)13-16-6-3-4-8-18(16)22/h3-9H,10-13H2,1-2H3,(H,24,28). The van der Waals surface area contributed by atoms with Crippen molar-refractivity contribution in [2.75, 3.05) is 12.8 Å². The van der Waals surface area contributed by atoms with Crippen LogP contribution in [0.5, 0.6) is 0 Å². The molecule has 10 heteroatoms. The van der Waals surface area contributed by atoms with E-state index in [-0.39, 0.29) is 11.5 Å². The van der Waals surface area contributed by atoms with Crippen LogP contribution < -0.4 is 4.72 Å². The normalized spacial score (nSPS) is 14.3. The Labute approximate surface area is 179 Å². The number of amides is 1. The van der Waals surface area contributed by atoms with Crippen LogP contribution in [0, 0.1) is 12.7 Å². The van der Waals surface area contributed by atoms with E-state index in [0.29, 0.717) is 24.3 Å². The quantitative estimate of drug-likeness (QED) is 0.648. The highest BCUT2D eigenvalue weighted by Crippen LogP contribution is 2.27. The number of nitrogens with zero attached hydrogens (tertiary/aromatic N) is 4. The number of rotatable bonds is 5. The van der Waals surface area contributed by atoms with E-state index >= 15 is 0 Å². The van der Waals surface area contributed by atoms with E-state index in [1.54, 1.807) is 23.7 Å². The lowest BCUT2D eigenvalue weighted by atomic mass is 9.97. The van der Waals surface area contributed by atoms with Crippen LogP contribution >= 0.6 is 0 Å². The fourth-order valence-electron chi connectivity index (χ4n) is 3.83. The van der Waals surface area contributed by atoms with Crippen molar-refractivity contribution in [3.05, 3.63) is 76.4 Å². The van der Waals surface area contributed by atoms with Gasteiger partial charge in [0.2, 0.25) is 10.0 Å². The van der Waals surface area contributed by atoms with Gasteiger partial charge in [-0.3, -0.25) is 9.69 Å². The average molecular weight is 444 g/mol. The molecule has 1 aliphatic rings. The smallest absolute Gasteiger partial charge is 0.287 e. The lowest BCUT2D eigenvalue weighted by molar-refractivity contribution is 0.0976. The van der Waals surface area contributed by atoms with E-state index < -0.39 is 15.9 Å². The number of halogens is 1. The Morgan fingerprint density at radius 3 is 2.71 bits per heavy atom. The molecule has 1 N–H and O–H groups in total. The Morgan fingerprint density at radius 1 is 1.19 bits per heavy atom. The van der Waals surface area contributed by atoms with Crippen LogP contribution in [0.2, 0.25) is 0 Å². The van der Waals surface area contributed by atoms with Crippen molar-refractivity contribution in [2.24, 2.45) is 0 Å². The molecule has 0 atom stereocenters. The highest BCUT2D eigenvalue weighted by Gasteiger charge is 2.24. The molecule has 0 saturated carbocycles. The fourth-order valence-corrected chi connectivity index (χ4v) is 4.27. The van der Waals surface area contributed by atoms with Gasteiger partial charge in [0.05, 0.1) is 17.6 Å². The van der Waals surface area contributed by atoms with Gasteiger partial charge < -0.3 is 0 Å². The van der Waals surface area contributed by atoms with E-state index in [0.717, 1.165) is 36.0 Å². The summed E-state index contributed by atoms with van der Waals surface area (Å²) in [7, 11) is -3.70. The number of carbonyl (C=O) groups is 1. The Kier molecular flexibility index (Phi) is 5.59. The zero-order valence-corrected chi connectivity index (χ0v) is 18.0. The van der Waals surface area contributed by atoms with Crippen molar-refractivity contribution in [3.63, 3.8) is 0 Å². The van der Waals surface area contributed by atoms with E-state index in [1.165, 1.54) is 6.07 Å². The van der Waals surface area contributed by atoms with Gasteiger partial charge in [0.25, 0.3) is 5.91 Å². The van der Waals surface area contributed by atoms with E-state index in [1.807, 2.05) is 29.0 Å². The molecule has 4 rings (SSSR count). The summed E-state index contributed by atoms with van der Waals surface area (Å²) < 4.78 is 40.2. The summed E-state index contributed by atoms with van der Waals surface area (Å²) in [5.41, 5.74) is 4.04. The van der Waals surface area contributed by atoms with Crippen LogP contribution in [0.1, 0.15) is 32.9 Å². The molecule has 0 aliphatic carbocycles. The van der Waals surface area contributed by atoms with E-state index in [4.69, 9.17) is 0 Å². The molecule has 0 unspecified atom stereocenters. The molecular formula is C21H22FN5O3S. The summed E-state index contributed by atoms with van der Waals surface area (Å²) in [6, 6.07) is 12.6. The van der Waals surface area contributed by atoms with Crippen LogP contribution in [-0.4, -0.2) is 47.0 Å². The van der Waals surface area contributed by atoms with Crippen LogP contribution in [0.25, 0.3) is 5.69 Å². The summed E-state index contributed by atoms with van der Waals surface area (Å²) >= 11 is 0. The molecule has 0 bridgehead atoms. The number of hydrogen-bond donors (Lipinski definition) is 1. The van der Waals surface area contributed by atoms with Crippen molar-refractivity contribution in [1.82, 2.24) is 24.6 Å². The lowest BCUT2D eigenvalue weighted by Crippen LogP contribution is -2.31. The predicted octanol–water partition coefficient (Wildman–Crippen LogP) is 1.96. The second-order valence-corrected chi connectivity index (χ2v) is 9.35. The molecule has 0 radical (unpaired) electrons. The van der Waals surface area contributed by atoms with Crippen molar-refractivity contribution in [1.29, 1.82) is 0 Å². The third kappa shape index (κ3) is 4.49. The third-order valence-electron chi connectivity index (χ3n) is 5.29. The van der Waals surface area contributed by atoms with Gasteiger partial charge >= 0.3 is 0 Å². The average Bonchev–Trinajstić information content (AvgIpc) is 3.09. The number of carbonyl (C=O) groups excluding carboxylic acids is 1. The number of nitrogens with one attached hydrogen (secondary N) is 1. The minimum atomic E-state index is -3.70. The van der Waals surface area contributed by atoms with Gasteiger partial charge in [0.1, 0.15) is 5.82 Å². The molecule has 1 aliphatic heterocycles. The zero-order valence-electron chi connectivity index (χ0n) is 17.2. The monoisotopic (exact) mass is 443 g/mol. The molecular weight excluding hydrogens is 421 g/mol. The van der Waals surface area contributed by atoms with Gasteiger partial charge in [-0.2, -0.15) is 0 Å². The second kappa shape index (κ2) is 8.20. The molecule has 31 heavy (non-hydrogen) atoms. The van der Waals surface area contributed by atoms with Gasteiger partial charge in [0.15, 0.2) is 5.69 Å². The Balaban J connectivity index is 1.60. The maximum atomic E-state index is 14.0. The Bertz CT molecular complexity index is 1260. The largest absolute Gasteiger partial charge is 0.294 e. The minimum absolute atomic E-state index is 0.0417. The molecule has 1 amide bonds. The van der Waals surface area contributed by atoms with Crippen molar-refractivity contribution in [3.8, 4) is 5.69 Å². The summed E-state index contributed by atoms with van der Waals surface area (Å²) in [5.74, 6) is -1.02. The molecule has 0 spiro atoms. The molecule has 162 valence electrons. The van der Waals surface area contributed by atoms with Gasteiger partial charge in [0, 0.05) is 25.2 Å². The van der Waals surface area contributed by atoms with Gasteiger partial charge in [-0.05, 0) is 36.6 Å². The lowest BCUT2D eigenvalue weighted by Gasteiger charge is -2.30. The summed E-state index contributed by atoms with van der Waals surface area (Å²) in [4.78, 5) is 14.4. The molecule has 2 heterocycles. The van der Waals surface area contributed by atoms with Crippen LogP contribution in [-0.2, 0) is 29.5 Å². The molecule has 2 aromatic carbocycles. The molecule has 8 nitrogen and oxygen atoms in total. The van der Waals surface area contributed by atoms with Crippen molar-refractivity contribution >= 4 is 15.9 Å².